The fourth-order valence-corrected chi connectivity index (χ4v) is 2.96. The number of carbonyl (C=O) groups excluding carboxylic acids is 1. The number of hydrogen-bond donors (Lipinski definition) is 1. The number of carbonyl (C=O) groups is 1. The molecule has 1 saturated heterocycles. The first kappa shape index (κ1) is 17.5. The second-order valence-corrected chi connectivity index (χ2v) is 6.24. The first-order valence-corrected chi connectivity index (χ1v) is 8.65. The molecule has 1 amide bonds. The van der Waals surface area contributed by atoms with E-state index in [2.05, 4.69) is 4.90 Å². The Morgan fingerprint density at radius 2 is 1.56 bits per heavy atom. The van der Waals surface area contributed by atoms with Crippen molar-refractivity contribution in [1.82, 2.24) is 9.80 Å². The lowest BCUT2D eigenvalue weighted by Crippen LogP contribution is -2.50. The molecule has 0 spiro atoms. The molecule has 5 heteroatoms. The summed E-state index contributed by atoms with van der Waals surface area (Å²) < 4.78 is 5.59. The number of β-amino-alcohol motifs (C(OH)–C–C–N with tert-alkyl or cyclic N) is 1. The first-order valence-electron chi connectivity index (χ1n) is 8.65. The molecule has 2 aromatic rings. The van der Waals surface area contributed by atoms with E-state index in [1.54, 1.807) is 0 Å². The van der Waals surface area contributed by atoms with Crippen LogP contribution in [0.15, 0.2) is 60.7 Å². The van der Waals surface area contributed by atoms with Crippen LogP contribution in [0.2, 0.25) is 0 Å². The van der Waals surface area contributed by atoms with Crippen LogP contribution in [0.25, 0.3) is 0 Å². The van der Waals surface area contributed by atoms with Crippen molar-refractivity contribution < 1.29 is 14.6 Å². The van der Waals surface area contributed by atoms with E-state index >= 15 is 0 Å². The van der Waals surface area contributed by atoms with Crippen molar-refractivity contribution in [2.24, 2.45) is 0 Å². The molecule has 1 fully saturated rings. The summed E-state index contributed by atoms with van der Waals surface area (Å²) in [6.45, 7) is 3.72. The molecule has 0 saturated carbocycles. The third-order valence-electron chi connectivity index (χ3n) is 4.33. The van der Waals surface area contributed by atoms with E-state index in [-0.39, 0.29) is 12.5 Å². The summed E-state index contributed by atoms with van der Waals surface area (Å²) in [6.07, 6.45) is -0.545. The lowest BCUT2D eigenvalue weighted by atomic mass is 10.2. The Labute approximate surface area is 148 Å². The monoisotopic (exact) mass is 340 g/mol. The maximum Gasteiger partial charge on any atom is 0.253 e. The van der Waals surface area contributed by atoms with E-state index in [4.69, 9.17) is 4.74 Å². The molecule has 1 aliphatic rings. The lowest BCUT2D eigenvalue weighted by molar-refractivity contribution is 0.0403. The molecule has 1 heterocycles. The number of benzene rings is 2. The molecule has 0 bridgehead atoms. The third-order valence-corrected chi connectivity index (χ3v) is 4.33. The van der Waals surface area contributed by atoms with E-state index in [1.807, 2.05) is 65.6 Å². The number of para-hydroxylation sites is 1. The van der Waals surface area contributed by atoms with Crippen molar-refractivity contribution in [2.75, 3.05) is 39.3 Å². The highest BCUT2D eigenvalue weighted by Gasteiger charge is 2.23. The molecule has 1 N–H and O–H groups in total. The minimum atomic E-state index is -0.545. The summed E-state index contributed by atoms with van der Waals surface area (Å²) in [4.78, 5) is 16.5. The van der Waals surface area contributed by atoms with Crippen molar-refractivity contribution in [3.63, 3.8) is 0 Å². The van der Waals surface area contributed by atoms with Gasteiger partial charge in [-0.25, -0.2) is 0 Å². The standard InChI is InChI=1S/C20H24N2O3/c23-18(16-25-19-9-5-2-6-10-19)15-21-11-13-22(14-12-21)20(24)17-7-3-1-4-8-17/h1-10,18,23H,11-16H2/t18-/m1/s1. The minimum Gasteiger partial charge on any atom is -0.491 e. The van der Waals surface area contributed by atoms with Crippen molar-refractivity contribution in [1.29, 1.82) is 0 Å². The Hall–Kier alpha value is -2.37. The second-order valence-electron chi connectivity index (χ2n) is 6.24. The highest BCUT2D eigenvalue weighted by Crippen LogP contribution is 2.11. The van der Waals surface area contributed by atoms with Crippen LogP contribution in [0.5, 0.6) is 5.75 Å². The molecule has 2 aromatic carbocycles. The van der Waals surface area contributed by atoms with Gasteiger partial charge in [0.15, 0.2) is 0 Å². The van der Waals surface area contributed by atoms with Crippen LogP contribution >= 0.6 is 0 Å². The van der Waals surface area contributed by atoms with Crippen LogP contribution in [0.3, 0.4) is 0 Å². The molecule has 132 valence electrons. The van der Waals surface area contributed by atoms with Crippen molar-refractivity contribution in [3.8, 4) is 5.75 Å². The molecular formula is C20H24N2O3. The number of nitrogens with zero attached hydrogens (tertiary/aromatic N) is 2. The molecule has 3 rings (SSSR count). The van der Waals surface area contributed by atoms with E-state index < -0.39 is 6.10 Å². The van der Waals surface area contributed by atoms with E-state index in [0.29, 0.717) is 19.6 Å². The van der Waals surface area contributed by atoms with Gasteiger partial charge in [0.1, 0.15) is 18.5 Å². The summed E-state index contributed by atoms with van der Waals surface area (Å²) in [7, 11) is 0. The van der Waals surface area contributed by atoms with Gasteiger partial charge >= 0.3 is 0 Å². The summed E-state index contributed by atoms with van der Waals surface area (Å²) in [5, 5.41) is 10.2. The van der Waals surface area contributed by atoms with Crippen LogP contribution < -0.4 is 4.74 Å². The van der Waals surface area contributed by atoms with Gasteiger partial charge in [-0.3, -0.25) is 9.69 Å². The SMILES string of the molecule is O=C(c1ccccc1)N1CCN(C[C@@H](O)COc2ccccc2)CC1. The number of amides is 1. The quantitative estimate of drug-likeness (QED) is 0.872. The molecule has 1 aliphatic heterocycles. The summed E-state index contributed by atoms with van der Waals surface area (Å²) in [6, 6.07) is 18.9. The number of piperazine rings is 1. The van der Waals surface area contributed by atoms with Crippen molar-refractivity contribution in [3.05, 3.63) is 66.2 Å². The molecule has 0 radical (unpaired) electrons. The van der Waals surface area contributed by atoms with Gasteiger partial charge in [0, 0.05) is 38.3 Å². The maximum absolute atomic E-state index is 12.4. The van der Waals surface area contributed by atoms with Gasteiger partial charge in [0.2, 0.25) is 0 Å². The highest BCUT2D eigenvalue weighted by molar-refractivity contribution is 5.94. The normalized spacial score (nSPS) is 16.4. The number of ether oxygens (including phenoxy) is 1. The predicted octanol–water partition coefficient (Wildman–Crippen LogP) is 1.88. The molecule has 0 aromatic heterocycles. The summed E-state index contributed by atoms with van der Waals surface area (Å²) in [5.74, 6) is 0.841. The number of aliphatic hydroxyl groups excluding tert-OH is 1. The zero-order chi connectivity index (χ0) is 17.5. The van der Waals surface area contributed by atoms with Gasteiger partial charge in [-0.15, -0.1) is 0 Å². The zero-order valence-electron chi connectivity index (χ0n) is 14.3. The minimum absolute atomic E-state index is 0.0770. The smallest absolute Gasteiger partial charge is 0.253 e. The van der Waals surface area contributed by atoms with Crippen LogP contribution in [0.4, 0.5) is 0 Å². The average Bonchev–Trinajstić information content (AvgIpc) is 2.68. The average molecular weight is 340 g/mol. The summed E-state index contributed by atoms with van der Waals surface area (Å²) >= 11 is 0. The highest BCUT2D eigenvalue weighted by atomic mass is 16.5. The third kappa shape index (κ3) is 5.05. The molecular weight excluding hydrogens is 316 g/mol. The summed E-state index contributed by atoms with van der Waals surface area (Å²) in [5.41, 5.74) is 0.729. The number of hydrogen-bond acceptors (Lipinski definition) is 4. The van der Waals surface area contributed by atoms with Crippen LogP contribution in [-0.4, -0.2) is 66.2 Å². The van der Waals surface area contributed by atoms with Gasteiger partial charge in [0.05, 0.1) is 0 Å². The maximum atomic E-state index is 12.4. The Morgan fingerprint density at radius 3 is 2.20 bits per heavy atom. The molecule has 0 unspecified atom stereocenters. The molecule has 1 atom stereocenters. The van der Waals surface area contributed by atoms with Gasteiger partial charge in [0.25, 0.3) is 5.91 Å². The van der Waals surface area contributed by atoms with Crippen LogP contribution in [-0.2, 0) is 0 Å². The van der Waals surface area contributed by atoms with Crippen LogP contribution in [0, 0.1) is 0 Å². The van der Waals surface area contributed by atoms with Gasteiger partial charge in [-0.2, -0.15) is 0 Å². The van der Waals surface area contributed by atoms with Gasteiger partial charge < -0.3 is 14.7 Å². The van der Waals surface area contributed by atoms with Crippen molar-refractivity contribution >= 4 is 5.91 Å². The zero-order valence-corrected chi connectivity index (χ0v) is 14.3. The predicted molar refractivity (Wildman–Crippen MR) is 96.7 cm³/mol. The largest absolute Gasteiger partial charge is 0.491 e. The first-order chi connectivity index (χ1) is 12.2. The topological polar surface area (TPSA) is 53.0 Å². The Kier molecular flexibility index (Phi) is 6.04. The Balaban J connectivity index is 1.41. The Morgan fingerprint density at radius 1 is 0.960 bits per heavy atom. The van der Waals surface area contributed by atoms with Gasteiger partial charge in [-0.1, -0.05) is 36.4 Å². The fraction of sp³-hybridized carbons (Fsp3) is 0.350. The number of rotatable bonds is 6. The fourth-order valence-electron chi connectivity index (χ4n) is 2.96. The second kappa shape index (κ2) is 8.65. The molecule has 5 nitrogen and oxygen atoms in total. The van der Waals surface area contributed by atoms with E-state index in [9.17, 15) is 9.90 Å². The Bertz CT molecular complexity index is 655. The van der Waals surface area contributed by atoms with Crippen molar-refractivity contribution in [2.45, 2.75) is 6.10 Å². The molecule has 25 heavy (non-hydrogen) atoms. The lowest BCUT2D eigenvalue weighted by Gasteiger charge is -2.35. The van der Waals surface area contributed by atoms with E-state index in [0.717, 1.165) is 24.4 Å². The van der Waals surface area contributed by atoms with Gasteiger partial charge in [-0.05, 0) is 24.3 Å². The van der Waals surface area contributed by atoms with Crippen LogP contribution in [0.1, 0.15) is 10.4 Å². The number of aliphatic hydroxyl groups is 1. The molecule has 0 aliphatic carbocycles. The van der Waals surface area contributed by atoms with E-state index in [1.165, 1.54) is 0 Å².